The minimum Gasteiger partial charge on any atom is -0.339 e. The number of nitrogens with one attached hydrogen (secondary N) is 1. The van der Waals surface area contributed by atoms with Crippen LogP contribution in [0.2, 0.25) is 10.0 Å². The maximum Gasteiger partial charge on any atom is 0.230 e. The third kappa shape index (κ3) is 2.76. The van der Waals surface area contributed by atoms with E-state index in [0.29, 0.717) is 27.7 Å². The molecule has 1 aliphatic heterocycles. The first-order chi connectivity index (χ1) is 9.24. The van der Waals surface area contributed by atoms with Crippen molar-refractivity contribution in [3.8, 4) is 11.4 Å². The lowest BCUT2D eigenvalue weighted by atomic mass is 9.98. The summed E-state index contributed by atoms with van der Waals surface area (Å²) < 4.78 is 5.36. The minimum absolute atomic E-state index is 0.341. The first-order valence-corrected chi connectivity index (χ1v) is 6.99. The molecule has 6 heteroatoms. The maximum absolute atomic E-state index is 6.14. The number of hydrogen-bond acceptors (Lipinski definition) is 4. The van der Waals surface area contributed by atoms with E-state index >= 15 is 0 Å². The fourth-order valence-electron chi connectivity index (χ4n) is 2.25. The van der Waals surface area contributed by atoms with Gasteiger partial charge in [0.1, 0.15) is 0 Å². The number of aromatic nitrogens is 2. The van der Waals surface area contributed by atoms with Crippen LogP contribution in [0.25, 0.3) is 11.4 Å². The van der Waals surface area contributed by atoms with Crippen LogP contribution < -0.4 is 5.32 Å². The molecule has 1 aromatic heterocycles. The van der Waals surface area contributed by atoms with E-state index in [0.717, 1.165) is 31.5 Å². The van der Waals surface area contributed by atoms with Gasteiger partial charge in [-0.1, -0.05) is 28.4 Å². The molecule has 0 atom stereocenters. The van der Waals surface area contributed by atoms with Crippen molar-refractivity contribution >= 4 is 23.2 Å². The second-order valence-electron chi connectivity index (χ2n) is 4.60. The van der Waals surface area contributed by atoms with Crippen LogP contribution in [-0.4, -0.2) is 23.2 Å². The van der Waals surface area contributed by atoms with Crippen LogP contribution in [0.15, 0.2) is 22.7 Å². The highest BCUT2D eigenvalue weighted by Gasteiger charge is 2.22. The molecule has 2 aromatic rings. The summed E-state index contributed by atoms with van der Waals surface area (Å²) in [6, 6.07) is 5.25. The van der Waals surface area contributed by atoms with E-state index in [4.69, 9.17) is 27.7 Å². The van der Waals surface area contributed by atoms with Gasteiger partial charge in [-0.05, 0) is 44.1 Å². The summed E-state index contributed by atoms with van der Waals surface area (Å²) in [5.74, 6) is 1.56. The largest absolute Gasteiger partial charge is 0.339 e. The number of piperidine rings is 1. The molecule has 0 spiro atoms. The van der Waals surface area contributed by atoms with Crippen molar-refractivity contribution in [2.45, 2.75) is 18.8 Å². The minimum atomic E-state index is 0.341. The lowest BCUT2D eigenvalue weighted by Gasteiger charge is -2.18. The summed E-state index contributed by atoms with van der Waals surface area (Å²) in [4.78, 5) is 4.46. The molecule has 1 fully saturated rings. The fourth-order valence-corrected chi connectivity index (χ4v) is 2.74. The highest BCUT2D eigenvalue weighted by molar-refractivity contribution is 6.36. The van der Waals surface area contributed by atoms with E-state index in [1.165, 1.54) is 0 Å². The number of benzene rings is 1. The number of nitrogens with zero attached hydrogens (tertiary/aromatic N) is 2. The van der Waals surface area contributed by atoms with Crippen molar-refractivity contribution in [3.63, 3.8) is 0 Å². The summed E-state index contributed by atoms with van der Waals surface area (Å²) in [7, 11) is 0. The molecule has 1 aromatic carbocycles. The summed E-state index contributed by atoms with van der Waals surface area (Å²) in [6.07, 6.45) is 2.05. The lowest BCUT2D eigenvalue weighted by molar-refractivity contribution is 0.320. The van der Waals surface area contributed by atoms with Gasteiger partial charge in [-0.3, -0.25) is 0 Å². The van der Waals surface area contributed by atoms with Gasteiger partial charge in [0.15, 0.2) is 0 Å². The Morgan fingerprint density at radius 3 is 2.74 bits per heavy atom. The Balaban J connectivity index is 1.87. The molecule has 0 aliphatic carbocycles. The standard InChI is InChI=1S/C13H13Cl2N3O/c14-9-1-2-10(11(15)7-9)12-17-13(19-18-12)8-3-5-16-6-4-8/h1-2,7-8,16H,3-6H2. The maximum atomic E-state index is 6.14. The van der Waals surface area contributed by atoms with Crippen molar-refractivity contribution in [2.24, 2.45) is 0 Å². The number of hydrogen-bond donors (Lipinski definition) is 1. The van der Waals surface area contributed by atoms with Crippen LogP contribution in [0, 0.1) is 0 Å². The summed E-state index contributed by atoms with van der Waals surface area (Å²) in [6.45, 7) is 1.98. The molecule has 19 heavy (non-hydrogen) atoms. The zero-order valence-corrected chi connectivity index (χ0v) is 11.7. The molecule has 100 valence electrons. The van der Waals surface area contributed by atoms with Gasteiger partial charge in [-0.15, -0.1) is 0 Å². The lowest BCUT2D eigenvalue weighted by Crippen LogP contribution is -2.26. The molecular weight excluding hydrogens is 285 g/mol. The van der Waals surface area contributed by atoms with Crippen molar-refractivity contribution in [3.05, 3.63) is 34.1 Å². The molecule has 0 unspecified atom stereocenters. The highest BCUT2D eigenvalue weighted by atomic mass is 35.5. The van der Waals surface area contributed by atoms with Gasteiger partial charge < -0.3 is 9.84 Å². The van der Waals surface area contributed by atoms with E-state index in [-0.39, 0.29) is 0 Å². The molecule has 0 amide bonds. The monoisotopic (exact) mass is 297 g/mol. The van der Waals surface area contributed by atoms with Gasteiger partial charge in [-0.25, -0.2) is 0 Å². The van der Waals surface area contributed by atoms with E-state index in [9.17, 15) is 0 Å². The predicted molar refractivity (Wildman–Crippen MR) is 74.6 cm³/mol. The second kappa shape index (κ2) is 5.49. The Hall–Kier alpha value is -1.10. The first-order valence-electron chi connectivity index (χ1n) is 6.24. The van der Waals surface area contributed by atoms with Crippen LogP contribution in [0.4, 0.5) is 0 Å². The van der Waals surface area contributed by atoms with Crippen molar-refractivity contribution < 1.29 is 4.52 Å². The Morgan fingerprint density at radius 1 is 1.21 bits per heavy atom. The second-order valence-corrected chi connectivity index (χ2v) is 5.45. The zero-order chi connectivity index (χ0) is 13.2. The van der Waals surface area contributed by atoms with E-state index in [1.54, 1.807) is 12.1 Å². The average Bonchev–Trinajstić information content (AvgIpc) is 2.89. The van der Waals surface area contributed by atoms with Gasteiger partial charge in [0.05, 0.1) is 5.02 Å². The Bertz CT molecular complexity index is 579. The third-order valence-electron chi connectivity index (χ3n) is 3.30. The molecule has 4 nitrogen and oxygen atoms in total. The third-order valence-corrected chi connectivity index (χ3v) is 3.85. The van der Waals surface area contributed by atoms with Gasteiger partial charge in [-0.2, -0.15) is 4.98 Å². The molecule has 1 saturated heterocycles. The van der Waals surface area contributed by atoms with Crippen molar-refractivity contribution in [1.29, 1.82) is 0 Å². The van der Waals surface area contributed by atoms with Crippen LogP contribution >= 0.6 is 23.2 Å². The first kappa shape index (κ1) is 12.9. The smallest absolute Gasteiger partial charge is 0.230 e. The van der Waals surface area contributed by atoms with Crippen LogP contribution in [0.5, 0.6) is 0 Å². The molecular formula is C13H13Cl2N3O. The molecule has 1 aliphatic rings. The quantitative estimate of drug-likeness (QED) is 0.921. The Labute approximate surface area is 121 Å². The zero-order valence-electron chi connectivity index (χ0n) is 10.2. The molecule has 2 heterocycles. The SMILES string of the molecule is Clc1ccc(-c2noc(C3CCNCC3)n2)c(Cl)c1. The number of halogens is 2. The van der Waals surface area contributed by atoms with Gasteiger partial charge in [0, 0.05) is 16.5 Å². The van der Waals surface area contributed by atoms with E-state index in [1.807, 2.05) is 6.07 Å². The molecule has 0 saturated carbocycles. The summed E-state index contributed by atoms with van der Waals surface area (Å²) >= 11 is 12.0. The summed E-state index contributed by atoms with van der Waals surface area (Å²) in [5.41, 5.74) is 0.745. The molecule has 3 rings (SSSR count). The van der Waals surface area contributed by atoms with Crippen LogP contribution in [0.3, 0.4) is 0 Å². The summed E-state index contributed by atoms with van der Waals surface area (Å²) in [5, 5.41) is 8.46. The average molecular weight is 298 g/mol. The van der Waals surface area contributed by atoms with Crippen LogP contribution in [-0.2, 0) is 0 Å². The number of rotatable bonds is 2. The van der Waals surface area contributed by atoms with E-state index < -0.39 is 0 Å². The van der Waals surface area contributed by atoms with Crippen LogP contribution in [0.1, 0.15) is 24.7 Å². The molecule has 0 bridgehead atoms. The Kier molecular flexibility index (Phi) is 3.73. The van der Waals surface area contributed by atoms with Gasteiger partial charge in [0.25, 0.3) is 0 Å². The fraction of sp³-hybridized carbons (Fsp3) is 0.385. The Morgan fingerprint density at radius 2 is 2.00 bits per heavy atom. The van der Waals surface area contributed by atoms with Crippen molar-refractivity contribution in [2.75, 3.05) is 13.1 Å². The predicted octanol–water partition coefficient (Wildman–Crippen LogP) is 3.51. The highest BCUT2D eigenvalue weighted by Crippen LogP contribution is 2.30. The van der Waals surface area contributed by atoms with E-state index in [2.05, 4.69) is 15.5 Å². The molecule has 0 radical (unpaired) electrons. The topological polar surface area (TPSA) is 51.0 Å². The van der Waals surface area contributed by atoms with Gasteiger partial charge in [0.2, 0.25) is 11.7 Å². The normalized spacial score (nSPS) is 16.7. The van der Waals surface area contributed by atoms with Gasteiger partial charge >= 0.3 is 0 Å². The molecule has 1 N–H and O–H groups in total. The van der Waals surface area contributed by atoms with Crippen molar-refractivity contribution in [1.82, 2.24) is 15.5 Å².